The predicted molar refractivity (Wildman–Crippen MR) is 94.1 cm³/mol. The average molecular weight is 348 g/mol. The minimum Gasteiger partial charge on any atom is -0.283 e. The van der Waals surface area contributed by atoms with E-state index in [1.807, 2.05) is 13.8 Å². The zero-order valence-electron chi connectivity index (χ0n) is 12.4. The molecule has 0 saturated carbocycles. The molecular formula is C15H13FN4OS2. The first-order valence-corrected chi connectivity index (χ1v) is 8.52. The average Bonchev–Trinajstić information content (AvgIpc) is 2.87. The molecule has 8 heteroatoms. The number of nitrogens with one attached hydrogen (secondary N) is 1. The number of hydrogen-bond donors (Lipinski definition) is 1. The molecule has 0 unspecified atom stereocenters. The second kappa shape index (κ2) is 6.29. The van der Waals surface area contributed by atoms with Gasteiger partial charge in [-0.15, -0.1) is 0 Å². The van der Waals surface area contributed by atoms with Crippen molar-refractivity contribution < 1.29 is 9.18 Å². The van der Waals surface area contributed by atoms with E-state index in [1.165, 1.54) is 23.9 Å². The second-order valence-corrected chi connectivity index (χ2v) is 7.40. The Morgan fingerprint density at radius 2 is 2.04 bits per heavy atom. The van der Waals surface area contributed by atoms with Gasteiger partial charge in [-0.05, 0) is 23.8 Å². The molecule has 0 fully saturated rings. The highest BCUT2D eigenvalue weighted by Gasteiger charge is 2.37. The summed E-state index contributed by atoms with van der Waals surface area (Å²) in [5, 5.41) is 9.69. The van der Waals surface area contributed by atoms with Crippen molar-refractivity contribution in [2.45, 2.75) is 19.1 Å². The molecule has 2 heterocycles. The smallest absolute Gasteiger partial charge is 0.283 e. The molecule has 0 aliphatic carbocycles. The summed E-state index contributed by atoms with van der Waals surface area (Å²) in [4.78, 5) is 17.8. The topological polar surface area (TPSA) is 68.9 Å². The van der Waals surface area contributed by atoms with Gasteiger partial charge in [0.2, 0.25) is 5.17 Å². The van der Waals surface area contributed by atoms with Gasteiger partial charge in [-0.2, -0.15) is 9.39 Å². The third kappa shape index (κ3) is 3.23. The fraction of sp³-hybridized carbons (Fsp3) is 0.200. The Kier molecular flexibility index (Phi) is 4.36. The molecule has 2 aliphatic heterocycles. The summed E-state index contributed by atoms with van der Waals surface area (Å²) in [5.74, 6) is -0.790. The van der Waals surface area contributed by atoms with Gasteiger partial charge in [0.25, 0.3) is 5.91 Å². The summed E-state index contributed by atoms with van der Waals surface area (Å²) >= 11 is 2.61. The minimum absolute atomic E-state index is 0.0428. The van der Waals surface area contributed by atoms with E-state index in [-0.39, 0.29) is 17.2 Å². The van der Waals surface area contributed by atoms with Gasteiger partial charge in [0.05, 0.1) is 17.5 Å². The maximum atomic E-state index is 13.0. The van der Waals surface area contributed by atoms with E-state index in [1.54, 1.807) is 23.1 Å². The fourth-order valence-electron chi connectivity index (χ4n) is 2.01. The fourth-order valence-corrected chi connectivity index (χ4v) is 3.69. The van der Waals surface area contributed by atoms with Crippen LogP contribution in [0.2, 0.25) is 0 Å². The monoisotopic (exact) mass is 348 g/mol. The normalized spacial score (nSPS) is 19.3. The predicted octanol–water partition coefficient (Wildman–Crippen LogP) is 3.54. The Hall–Kier alpha value is -1.93. The van der Waals surface area contributed by atoms with Crippen LogP contribution in [0.1, 0.15) is 19.4 Å². The van der Waals surface area contributed by atoms with Gasteiger partial charge in [0.15, 0.2) is 5.17 Å². The van der Waals surface area contributed by atoms with E-state index in [4.69, 9.17) is 5.41 Å². The number of fused-ring (bicyclic) bond motifs is 1. The van der Waals surface area contributed by atoms with Crippen LogP contribution in [-0.2, 0) is 4.79 Å². The molecule has 1 aromatic rings. The lowest BCUT2D eigenvalue weighted by Gasteiger charge is -2.25. The number of halogens is 1. The molecule has 1 aromatic carbocycles. The van der Waals surface area contributed by atoms with Crippen LogP contribution < -0.4 is 0 Å². The molecule has 1 N–H and O–H groups in total. The van der Waals surface area contributed by atoms with Crippen molar-refractivity contribution in [1.29, 1.82) is 5.41 Å². The van der Waals surface area contributed by atoms with Gasteiger partial charge < -0.3 is 0 Å². The summed E-state index contributed by atoms with van der Waals surface area (Å²) in [5.41, 5.74) is 0.805. The van der Waals surface area contributed by atoms with Crippen molar-refractivity contribution in [2.24, 2.45) is 9.39 Å². The van der Waals surface area contributed by atoms with Gasteiger partial charge in [-0.3, -0.25) is 10.2 Å². The summed E-state index contributed by atoms with van der Waals surface area (Å²) in [6, 6.07) is 5.73. The molecule has 0 radical (unpaired) electrons. The highest BCUT2D eigenvalue weighted by molar-refractivity contribution is 8.19. The summed E-state index contributed by atoms with van der Waals surface area (Å²) in [7, 11) is 0. The summed E-state index contributed by atoms with van der Waals surface area (Å²) < 4.78 is 17.3. The van der Waals surface area contributed by atoms with E-state index in [0.29, 0.717) is 21.1 Å². The first-order chi connectivity index (χ1) is 11.0. The van der Waals surface area contributed by atoms with Gasteiger partial charge >= 0.3 is 0 Å². The third-order valence-electron chi connectivity index (χ3n) is 3.02. The molecule has 2 aliphatic rings. The molecule has 5 nitrogen and oxygen atoms in total. The third-order valence-corrected chi connectivity index (χ3v) is 4.79. The highest BCUT2D eigenvalue weighted by atomic mass is 32.2. The quantitative estimate of drug-likeness (QED) is 0.655. The number of nitrogens with zero attached hydrogens (tertiary/aromatic N) is 3. The number of carbonyl (C=O) groups excluding carboxylic acids is 1. The van der Waals surface area contributed by atoms with E-state index < -0.39 is 5.91 Å². The summed E-state index contributed by atoms with van der Waals surface area (Å²) in [6.45, 7) is 4.06. The Labute approximate surface area is 141 Å². The van der Waals surface area contributed by atoms with Crippen molar-refractivity contribution in [1.82, 2.24) is 4.90 Å². The number of benzene rings is 1. The van der Waals surface area contributed by atoms with Crippen molar-refractivity contribution in [3.63, 3.8) is 0 Å². The maximum absolute atomic E-state index is 13.0. The lowest BCUT2D eigenvalue weighted by atomic mass is 10.1. The second-order valence-electron chi connectivity index (χ2n) is 5.12. The number of rotatable bonds is 2. The maximum Gasteiger partial charge on any atom is 0.283 e. The number of thioether (sulfide) groups is 1. The molecule has 118 valence electrons. The van der Waals surface area contributed by atoms with Gasteiger partial charge in [0.1, 0.15) is 11.7 Å². The number of aliphatic imine (C=N–C) groups is 1. The lowest BCUT2D eigenvalue weighted by Crippen LogP contribution is -2.41. The number of amides is 1. The molecular weight excluding hydrogens is 335 g/mol. The Balaban J connectivity index is 1.95. The van der Waals surface area contributed by atoms with Gasteiger partial charge in [0, 0.05) is 5.25 Å². The van der Waals surface area contributed by atoms with Gasteiger partial charge in [-0.1, -0.05) is 37.7 Å². The first-order valence-electron chi connectivity index (χ1n) is 6.86. The van der Waals surface area contributed by atoms with Crippen LogP contribution in [0, 0.1) is 11.2 Å². The van der Waals surface area contributed by atoms with E-state index in [2.05, 4.69) is 9.39 Å². The van der Waals surface area contributed by atoms with Crippen LogP contribution in [0.5, 0.6) is 0 Å². The molecule has 3 rings (SSSR count). The van der Waals surface area contributed by atoms with Crippen LogP contribution in [0.3, 0.4) is 0 Å². The summed E-state index contributed by atoms with van der Waals surface area (Å²) in [6.07, 6.45) is 1.55. The van der Waals surface area contributed by atoms with E-state index in [0.717, 1.165) is 11.9 Å². The molecule has 23 heavy (non-hydrogen) atoms. The van der Waals surface area contributed by atoms with E-state index >= 15 is 0 Å². The van der Waals surface area contributed by atoms with Gasteiger partial charge in [-0.25, -0.2) is 9.29 Å². The Morgan fingerprint density at radius 1 is 1.35 bits per heavy atom. The number of amidine groups is 3. The van der Waals surface area contributed by atoms with Crippen LogP contribution in [-0.4, -0.2) is 32.2 Å². The zero-order valence-corrected chi connectivity index (χ0v) is 14.0. The molecule has 0 spiro atoms. The molecule has 0 aromatic heterocycles. The number of carbonyl (C=O) groups is 1. The number of hydrogen-bond acceptors (Lipinski definition) is 5. The zero-order chi connectivity index (χ0) is 16.6. The minimum atomic E-state index is -0.482. The van der Waals surface area contributed by atoms with Crippen LogP contribution in [0.4, 0.5) is 4.39 Å². The standard InChI is InChI=1S/C15H13FN4OS2/c1-8(2)22-15-19-23-14-18-13(21)11(12(17)20(14)15)7-9-3-5-10(16)6-4-9/h3-8,17H,1-2H3/b11-7-,17-12?. The Bertz CT molecular complexity index is 768. The van der Waals surface area contributed by atoms with Crippen molar-refractivity contribution in [2.75, 3.05) is 0 Å². The molecule has 0 bridgehead atoms. The van der Waals surface area contributed by atoms with Crippen LogP contribution in [0.25, 0.3) is 6.08 Å². The van der Waals surface area contributed by atoms with Crippen LogP contribution >= 0.6 is 23.7 Å². The van der Waals surface area contributed by atoms with Crippen molar-refractivity contribution in [3.05, 3.63) is 41.2 Å². The van der Waals surface area contributed by atoms with Crippen molar-refractivity contribution in [3.8, 4) is 0 Å². The van der Waals surface area contributed by atoms with Crippen molar-refractivity contribution >= 4 is 51.9 Å². The lowest BCUT2D eigenvalue weighted by molar-refractivity contribution is -0.114. The molecule has 0 atom stereocenters. The first kappa shape index (κ1) is 15.9. The molecule has 0 saturated heterocycles. The SMILES string of the molecule is CC(C)SC1=NSC2=NC(=O)/C(=C\c3ccc(F)cc3)C(=N)N21. The van der Waals surface area contributed by atoms with Crippen LogP contribution in [0.15, 0.2) is 39.2 Å². The highest BCUT2D eigenvalue weighted by Crippen LogP contribution is 2.33. The largest absolute Gasteiger partial charge is 0.283 e. The van der Waals surface area contributed by atoms with E-state index in [9.17, 15) is 9.18 Å². The Morgan fingerprint density at radius 3 is 2.70 bits per heavy atom. The molecule has 1 amide bonds.